The van der Waals surface area contributed by atoms with Crippen LogP contribution in [0.2, 0.25) is 0 Å². The second kappa shape index (κ2) is 7.21. The van der Waals surface area contributed by atoms with Crippen molar-refractivity contribution in [3.05, 3.63) is 11.9 Å². The summed E-state index contributed by atoms with van der Waals surface area (Å²) in [7, 11) is 3.51. The normalized spacial score (nSPS) is 15.0. The van der Waals surface area contributed by atoms with Crippen molar-refractivity contribution in [1.82, 2.24) is 9.97 Å². The number of hydrogen-bond donors (Lipinski definition) is 1. The maximum Gasteiger partial charge on any atom is 0.356 e. The number of likely N-dealkylation sites (N-methyl/N-ethyl adjacent to an activating group) is 1. The summed E-state index contributed by atoms with van der Waals surface area (Å²) in [4.78, 5) is 23.8. The van der Waals surface area contributed by atoms with Crippen LogP contribution >= 0.6 is 0 Å². The predicted octanol–water partition coefficient (Wildman–Crippen LogP) is 1.25. The molecule has 7 nitrogen and oxygen atoms in total. The molecule has 21 heavy (non-hydrogen) atoms. The molecule has 116 valence electrons. The van der Waals surface area contributed by atoms with Crippen LogP contribution in [-0.2, 0) is 4.74 Å². The van der Waals surface area contributed by atoms with Gasteiger partial charge in [-0.05, 0) is 19.3 Å². The minimum absolute atomic E-state index is 0.0324. The van der Waals surface area contributed by atoms with Gasteiger partial charge in [0.15, 0.2) is 17.3 Å². The molecular formula is C14H22N4O3. The van der Waals surface area contributed by atoms with Gasteiger partial charge in [0.25, 0.3) is 0 Å². The number of aromatic carboxylic acids is 1. The second-order valence-corrected chi connectivity index (χ2v) is 5.17. The fraction of sp³-hybridized carbons (Fsp3) is 0.643. The number of hydrogen-bond acceptors (Lipinski definition) is 6. The Kier molecular flexibility index (Phi) is 5.32. The molecular weight excluding hydrogens is 272 g/mol. The highest BCUT2D eigenvalue weighted by atomic mass is 16.5. The van der Waals surface area contributed by atoms with E-state index < -0.39 is 5.97 Å². The van der Waals surface area contributed by atoms with Crippen LogP contribution in [-0.4, -0.2) is 61.4 Å². The number of ether oxygens (including phenoxy) is 1. The van der Waals surface area contributed by atoms with Gasteiger partial charge in [-0.2, -0.15) is 0 Å². The number of anilines is 2. The van der Waals surface area contributed by atoms with Crippen molar-refractivity contribution in [1.29, 1.82) is 0 Å². The number of nitrogens with zero attached hydrogens (tertiary/aromatic N) is 4. The molecule has 1 aliphatic rings. The van der Waals surface area contributed by atoms with Crippen LogP contribution in [0.4, 0.5) is 11.6 Å². The number of piperidine rings is 1. The van der Waals surface area contributed by atoms with Crippen LogP contribution in [0.3, 0.4) is 0 Å². The lowest BCUT2D eigenvalue weighted by atomic mass is 10.1. The van der Waals surface area contributed by atoms with Gasteiger partial charge in [0.2, 0.25) is 0 Å². The zero-order chi connectivity index (χ0) is 15.2. The molecule has 1 fully saturated rings. The minimum Gasteiger partial charge on any atom is -0.476 e. The highest BCUT2D eigenvalue weighted by Crippen LogP contribution is 2.27. The van der Waals surface area contributed by atoms with Crippen LogP contribution in [0.15, 0.2) is 6.20 Å². The maximum atomic E-state index is 11.1. The molecule has 0 spiro atoms. The van der Waals surface area contributed by atoms with Crippen molar-refractivity contribution in [2.45, 2.75) is 19.3 Å². The first kappa shape index (κ1) is 15.5. The van der Waals surface area contributed by atoms with Crippen LogP contribution in [0.25, 0.3) is 0 Å². The van der Waals surface area contributed by atoms with E-state index in [9.17, 15) is 4.79 Å². The summed E-state index contributed by atoms with van der Waals surface area (Å²) in [6.45, 7) is 3.06. The van der Waals surface area contributed by atoms with Gasteiger partial charge in [-0.25, -0.2) is 14.8 Å². The van der Waals surface area contributed by atoms with E-state index in [1.165, 1.54) is 12.6 Å². The Morgan fingerprint density at radius 1 is 1.43 bits per heavy atom. The average molecular weight is 294 g/mol. The third-order valence-corrected chi connectivity index (χ3v) is 3.60. The summed E-state index contributed by atoms with van der Waals surface area (Å²) in [5.74, 6) is 0.307. The van der Waals surface area contributed by atoms with Crippen LogP contribution < -0.4 is 9.80 Å². The number of carboxylic acids is 1. The van der Waals surface area contributed by atoms with E-state index in [0.717, 1.165) is 31.7 Å². The standard InChI is InChI=1S/C14H22N4O3/c1-17(8-9-21-2)13-12(18-6-4-3-5-7-18)15-10-11(16-13)14(19)20/h10H,3-9H2,1-2H3,(H,19,20). The van der Waals surface area contributed by atoms with Crippen molar-refractivity contribution in [3.8, 4) is 0 Å². The Labute approximate surface area is 124 Å². The Bertz CT molecular complexity index is 489. The molecule has 1 aromatic heterocycles. The first-order chi connectivity index (χ1) is 10.1. The third-order valence-electron chi connectivity index (χ3n) is 3.60. The average Bonchev–Trinajstić information content (AvgIpc) is 2.52. The molecule has 7 heteroatoms. The number of carboxylic acid groups (broad SMARTS) is 1. The van der Waals surface area contributed by atoms with E-state index in [1.54, 1.807) is 7.11 Å². The lowest BCUT2D eigenvalue weighted by Gasteiger charge is -2.31. The lowest BCUT2D eigenvalue weighted by Crippen LogP contribution is -2.33. The minimum atomic E-state index is -1.06. The molecule has 1 N–H and O–H groups in total. The van der Waals surface area contributed by atoms with E-state index in [1.807, 2.05) is 11.9 Å². The zero-order valence-corrected chi connectivity index (χ0v) is 12.6. The molecule has 0 atom stereocenters. The van der Waals surface area contributed by atoms with Crippen molar-refractivity contribution >= 4 is 17.6 Å². The lowest BCUT2D eigenvalue weighted by molar-refractivity contribution is 0.0690. The SMILES string of the molecule is COCCN(C)c1nc(C(=O)O)cnc1N1CCCCC1. The number of methoxy groups -OCH3 is 1. The monoisotopic (exact) mass is 294 g/mol. The van der Waals surface area contributed by atoms with Crippen LogP contribution in [0, 0.1) is 0 Å². The highest BCUT2D eigenvalue weighted by Gasteiger charge is 2.21. The molecule has 0 aromatic carbocycles. The van der Waals surface area contributed by atoms with E-state index in [4.69, 9.17) is 9.84 Å². The first-order valence-electron chi connectivity index (χ1n) is 7.19. The van der Waals surface area contributed by atoms with E-state index in [2.05, 4.69) is 14.9 Å². The van der Waals surface area contributed by atoms with Crippen molar-refractivity contribution in [2.75, 3.05) is 50.2 Å². The van der Waals surface area contributed by atoms with Gasteiger partial charge in [0.1, 0.15) is 0 Å². The number of aromatic nitrogens is 2. The molecule has 0 radical (unpaired) electrons. The molecule has 2 rings (SSSR count). The first-order valence-corrected chi connectivity index (χ1v) is 7.19. The topological polar surface area (TPSA) is 78.8 Å². The second-order valence-electron chi connectivity index (χ2n) is 5.17. The van der Waals surface area contributed by atoms with Crippen LogP contribution in [0.5, 0.6) is 0 Å². The molecule has 0 amide bonds. The summed E-state index contributed by atoms with van der Waals surface area (Å²) >= 11 is 0. The molecule has 1 saturated heterocycles. The zero-order valence-electron chi connectivity index (χ0n) is 12.6. The molecule has 1 aromatic rings. The predicted molar refractivity (Wildman–Crippen MR) is 80.2 cm³/mol. The smallest absolute Gasteiger partial charge is 0.356 e. The van der Waals surface area contributed by atoms with Gasteiger partial charge in [0.05, 0.1) is 12.8 Å². The summed E-state index contributed by atoms with van der Waals surface area (Å²) < 4.78 is 5.08. The summed E-state index contributed by atoms with van der Waals surface area (Å²) in [5, 5.41) is 9.11. The van der Waals surface area contributed by atoms with Gasteiger partial charge in [-0.3, -0.25) is 0 Å². The molecule has 0 saturated carbocycles. The van der Waals surface area contributed by atoms with Gasteiger partial charge in [-0.1, -0.05) is 0 Å². The number of carbonyl (C=O) groups is 1. The molecule has 0 aliphatic carbocycles. The van der Waals surface area contributed by atoms with Gasteiger partial charge >= 0.3 is 5.97 Å². The third kappa shape index (κ3) is 3.81. The van der Waals surface area contributed by atoms with E-state index >= 15 is 0 Å². The number of rotatable bonds is 6. The van der Waals surface area contributed by atoms with Gasteiger partial charge in [0, 0.05) is 33.8 Å². The highest BCUT2D eigenvalue weighted by molar-refractivity contribution is 5.86. The summed E-state index contributed by atoms with van der Waals surface area (Å²) in [6.07, 6.45) is 4.82. The quantitative estimate of drug-likeness (QED) is 0.845. The maximum absolute atomic E-state index is 11.1. The van der Waals surface area contributed by atoms with Crippen LogP contribution in [0.1, 0.15) is 29.8 Å². The Hall–Kier alpha value is -1.89. The largest absolute Gasteiger partial charge is 0.476 e. The van der Waals surface area contributed by atoms with Crippen molar-refractivity contribution in [3.63, 3.8) is 0 Å². The Morgan fingerprint density at radius 3 is 2.76 bits per heavy atom. The molecule has 2 heterocycles. The fourth-order valence-electron chi connectivity index (χ4n) is 2.39. The fourth-order valence-corrected chi connectivity index (χ4v) is 2.39. The van der Waals surface area contributed by atoms with Crippen molar-refractivity contribution in [2.24, 2.45) is 0 Å². The van der Waals surface area contributed by atoms with E-state index in [0.29, 0.717) is 19.0 Å². The van der Waals surface area contributed by atoms with Gasteiger partial charge in [-0.15, -0.1) is 0 Å². The molecule has 0 unspecified atom stereocenters. The van der Waals surface area contributed by atoms with Gasteiger partial charge < -0.3 is 19.6 Å². The van der Waals surface area contributed by atoms with E-state index in [-0.39, 0.29) is 5.69 Å². The molecule has 1 aliphatic heterocycles. The van der Waals surface area contributed by atoms with Crippen molar-refractivity contribution < 1.29 is 14.6 Å². The molecule has 0 bridgehead atoms. The Balaban J connectivity index is 2.30. The Morgan fingerprint density at radius 2 is 2.14 bits per heavy atom. The summed E-state index contributed by atoms with van der Waals surface area (Å²) in [5.41, 5.74) is -0.0324. The summed E-state index contributed by atoms with van der Waals surface area (Å²) in [6, 6.07) is 0.